The average Bonchev–Trinajstić information content (AvgIpc) is 3.13. The summed E-state index contributed by atoms with van der Waals surface area (Å²) in [5.41, 5.74) is 2.54. The van der Waals surface area contributed by atoms with Crippen molar-refractivity contribution in [2.75, 3.05) is 19.7 Å². The summed E-state index contributed by atoms with van der Waals surface area (Å²) in [6.45, 7) is 6.51. The third-order valence-corrected chi connectivity index (χ3v) is 5.32. The van der Waals surface area contributed by atoms with E-state index < -0.39 is 0 Å². The van der Waals surface area contributed by atoms with Gasteiger partial charge < -0.3 is 9.64 Å². The molecule has 0 spiro atoms. The Balaban J connectivity index is 1.53. The molecule has 0 radical (unpaired) electrons. The largest absolute Gasteiger partial charge is 0.492 e. The van der Waals surface area contributed by atoms with Gasteiger partial charge in [0, 0.05) is 37.3 Å². The van der Waals surface area contributed by atoms with Crippen molar-refractivity contribution in [3.05, 3.63) is 48.4 Å². The highest BCUT2D eigenvalue weighted by atomic mass is 16.5. The number of benzene rings is 1. The van der Waals surface area contributed by atoms with Crippen molar-refractivity contribution in [2.24, 2.45) is 5.92 Å². The van der Waals surface area contributed by atoms with Crippen LogP contribution in [-0.4, -0.2) is 50.3 Å². The number of hydrogen-bond donors (Lipinski definition) is 0. The van der Waals surface area contributed by atoms with Gasteiger partial charge in [0.25, 0.3) is 0 Å². The lowest BCUT2D eigenvalue weighted by Gasteiger charge is -2.33. The van der Waals surface area contributed by atoms with Crippen LogP contribution in [0.3, 0.4) is 0 Å². The second-order valence-electron chi connectivity index (χ2n) is 7.78. The fourth-order valence-electron chi connectivity index (χ4n) is 3.89. The molecule has 0 bridgehead atoms. The van der Waals surface area contributed by atoms with E-state index >= 15 is 0 Å². The summed E-state index contributed by atoms with van der Waals surface area (Å²) in [4.78, 5) is 23.5. The van der Waals surface area contributed by atoms with E-state index in [0.717, 1.165) is 42.0 Å². The quantitative estimate of drug-likeness (QED) is 0.643. The van der Waals surface area contributed by atoms with Crippen LogP contribution < -0.4 is 4.74 Å². The molecular weight excluding hydrogens is 366 g/mol. The fourth-order valence-corrected chi connectivity index (χ4v) is 3.89. The van der Waals surface area contributed by atoms with Crippen LogP contribution in [0.4, 0.5) is 0 Å². The lowest BCUT2D eigenvalue weighted by molar-refractivity contribution is -0.135. The number of nitrogens with zero attached hydrogens (tertiary/aromatic N) is 5. The SMILES string of the molecule is CC(C)C(=O)N1CCC[C@@H](c2nn(CCOc3ccccc3)c3nccnc23)C1. The molecule has 2 aromatic heterocycles. The first-order valence-corrected chi connectivity index (χ1v) is 10.3. The Morgan fingerprint density at radius 3 is 2.79 bits per heavy atom. The Morgan fingerprint density at radius 2 is 2.00 bits per heavy atom. The zero-order valence-electron chi connectivity index (χ0n) is 17.0. The van der Waals surface area contributed by atoms with Crippen molar-refractivity contribution < 1.29 is 9.53 Å². The minimum Gasteiger partial charge on any atom is -0.492 e. The predicted molar refractivity (Wildman–Crippen MR) is 111 cm³/mol. The van der Waals surface area contributed by atoms with Crippen LogP contribution in [0.5, 0.6) is 5.75 Å². The Bertz CT molecular complexity index is 970. The number of amides is 1. The molecule has 1 aliphatic rings. The van der Waals surface area contributed by atoms with Crippen molar-refractivity contribution >= 4 is 17.1 Å². The number of aromatic nitrogens is 4. The number of ether oxygens (including phenoxy) is 1. The topological polar surface area (TPSA) is 73.1 Å². The van der Waals surface area contributed by atoms with Gasteiger partial charge in [-0.05, 0) is 25.0 Å². The predicted octanol–water partition coefficient (Wildman–Crippen LogP) is 3.27. The smallest absolute Gasteiger partial charge is 0.225 e. The van der Waals surface area contributed by atoms with Crippen LogP contribution >= 0.6 is 0 Å². The summed E-state index contributed by atoms with van der Waals surface area (Å²) in [6.07, 6.45) is 5.38. The van der Waals surface area contributed by atoms with E-state index in [9.17, 15) is 4.79 Å². The highest BCUT2D eigenvalue weighted by Crippen LogP contribution is 2.30. The number of rotatable bonds is 6. The van der Waals surface area contributed by atoms with E-state index in [0.29, 0.717) is 19.7 Å². The number of fused-ring (bicyclic) bond motifs is 1. The van der Waals surface area contributed by atoms with E-state index in [1.54, 1.807) is 12.4 Å². The molecule has 1 saturated heterocycles. The van der Waals surface area contributed by atoms with Crippen LogP contribution in [0.1, 0.15) is 38.3 Å². The molecular formula is C22H27N5O2. The maximum Gasteiger partial charge on any atom is 0.225 e. The minimum atomic E-state index is 0.0120. The molecule has 0 N–H and O–H groups in total. The highest BCUT2D eigenvalue weighted by Gasteiger charge is 2.29. The summed E-state index contributed by atoms with van der Waals surface area (Å²) in [7, 11) is 0. The summed E-state index contributed by atoms with van der Waals surface area (Å²) < 4.78 is 7.71. The summed E-state index contributed by atoms with van der Waals surface area (Å²) in [6, 6.07) is 9.75. The van der Waals surface area contributed by atoms with Crippen LogP contribution in [0.15, 0.2) is 42.7 Å². The Labute approximate surface area is 170 Å². The Kier molecular flexibility index (Phi) is 5.74. The van der Waals surface area contributed by atoms with E-state index in [1.807, 2.05) is 53.8 Å². The van der Waals surface area contributed by atoms with Crippen molar-refractivity contribution in [3.8, 4) is 5.75 Å². The van der Waals surface area contributed by atoms with Crippen LogP contribution in [0, 0.1) is 5.92 Å². The Hall–Kier alpha value is -2.96. The highest BCUT2D eigenvalue weighted by molar-refractivity contribution is 5.78. The van der Waals surface area contributed by atoms with Crippen LogP contribution in [-0.2, 0) is 11.3 Å². The maximum absolute atomic E-state index is 12.5. The molecule has 4 rings (SSSR count). The van der Waals surface area contributed by atoms with E-state index in [4.69, 9.17) is 9.84 Å². The van der Waals surface area contributed by atoms with Gasteiger partial charge in [-0.1, -0.05) is 32.0 Å². The number of carbonyl (C=O) groups excluding carboxylic acids is 1. The lowest BCUT2D eigenvalue weighted by atomic mass is 9.93. The third-order valence-electron chi connectivity index (χ3n) is 5.32. The number of para-hydroxylation sites is 1. The third kappa shape index (κ3) is 4.23. The van der Waals surface area contributed by atoms with Gasteiger partial charge in [-0.15, -0.1) is 0 Å². The van der Waals surface area contributed by atoms with Gasteiger partial charge in [-0.25, -0.2) is 14.6 Å². The molecule has 3 heterocycles. The van der Waals surface area contributed by atoms with E-state index in [2.05, 4.69) is 9.97 Å². The fraction of sp³-hybridized carbons (Fsp3) is 0.455. The van der Waals surface area contributed by atoms with Gasteiger partial charge in [0.05, 0.1) is 12.2 Å². The molecule has 7 nitrogen and oxygen atoms in total. The van der Waals surface area contributed by atoms with Crippen LogP contribution in [0.2, 0.25) is 0 Å². The van der Waals surface area contributed by atoms with E-state index in [-0.39, 0.29) is 17.7 Å². The van der Waals surface area contributed by atoms with Gasteiger partial charge in [0.2, 0.25) is 5.91 Å². The zero-order valence-corrected chi connectivity index (χ0v) is 17.0. The molecule has 1 aliphatic heterocycles. The standard InChI is InChI=1S/C22H27N5O2/c1-16(2)22(28)26-12-6-7-17(15-26)19-20-21(24-11-10-23-20)27(25-19)13-14-29-18-8-4-3-5-9-18/h3-5,8-11,16-17H,6-7,12-15H2,1-2H3/t17-/m1/s1. The summed E-state index contributed by atoms with van der Waals surface area (Å²) in [5, 5.41) is 4.86. The van der Waals surface area contributed by atoms with Crippen molar-refractivity contribution in [2.45, 2.75) is 39.2 Å². The molecule has 29 heavy (non-hydrogen) atoms. The molecule has 0 unspecified atom stereocenters. The maximum atomic E-state index is 12.5. The molecule has 1 atom stereocenters. The first-order valence-electron chi connectivity index (χ1n) is 10.3. The lowest BCUT2D eigenvalue weighted by Crippen LogP contribution is -2.41. The van der Waals surface area contributed by atoms with Gasteiger partial charge in [0.1, 0.15) is 17.9 Å². The normalized spacial score (nSPS) is 17.1. The molecule has 1 amide bonds. The molecule has 1 fully saturated rings. The molecule has 7 heteroatoms. The number of piperidine rings is 1. The number of hydrogen-bond acceptors (Lipinski definition) is 5. The second-order valence-corrected chi connectivity index (χ2v) is 7.78. The van der Waals surface area contributed by atoms with Gasteiger partial charge in [0.15, 0.2) is 5.65 Å². The van der Waals surface area contributed by atoms with Crippen LogP contribution in [0.25, 0.3) is 11.2 Å². The number of carbonyl (C=O) groups is 1. The minimum absolute atomic E-state index is 0.0120. The molecule has 3 aromatic rings. The average molecular weight is 393 g/mol. The van der Waals surface area contributed by atoms with Crippen molar-refractivity contribution in [1.29, 1.82) is 0 Å². The van der Waals surface area contributed by atoms with Crippen molar-refractivity contribution in [3.63, 3.8) is 0 Å². The molecule has 152 valence electrons. The molecule has 0 aliphatic carbocycles. The van der Waals surface area contributed by atoms with Crippen molar-refractivity contribution in [1.82, 2.24) is 24.6 Å². The molecule has 0 saturated carbocycles. The Morgan fingerprint density at radius 1 is 1.21 bits per heavy atom. The van der Waals surface area contributed by atoms with E-state index in [1.165, 1.54) is 0 Å². The molecule has 1 aromatic carbocycles. The summed E-state index contributed by atoms with van der Waals surface area (Å²) >= 11 is 0. The zero-order chi connectivity index (χ0) is 20.2. The second kappa shape index (κ2) is 8.59. The first-order chi connectivity index (χ1) is 14.1. The van der Waals surface area contributed by atoms with Gasteiger partial charge in [-0.2, -0.15) is 5.10 Å². The van der Waals surface area contributed by atoms with Gasteiger partial charge in [-0.3, -0.25) is 4.79 Å². The first kappa shape index (κ1) is 19.4. The monoisotopic (exact) mass is 393 g/mol. The van der Waals surface area contributed by atoms with Gasteiger partial charge >= 0.3 is 0 Å². The summed E-state index contributed by atoms with van der Waals surface area (Å²) in [5.74, 6) is 1.24. The number of likely N-dealkylation sites (tertiary alicyclic amines) is 1.